The third kappa shape index (κ3) is 1.22. The minimum Gasteiger partial charge on any atom is -0.315 e. The van der Waals surface area contributed by atoms with Crippen LogP contribution in [0.4, 0.5) is 0 Å². The molecule has 0 amide bonds. The lowest BCUT2D eigenvalue weighted by Crippen LogP contribution is -2.39. The molecule has 0 aliphatic carbocycles. The van der Waals surface area contributed by atoms with Crippen molar-refractivity contribution in [2.75, 3.05) is 13.1 Å². The van der Waals surface area contributed by atoms with E-state index in [2.05, 4.69) is 23.4 Å². The van der Waals surface area contributed by atoms with Crippen molar-refractivity contribution in [3.63, 3.8) is 0 Å². The number of rotatable bonds is 1. The number of terminal acetylenes is 1. The van der Waals surface area contributed by atoms with Gasteiger partial charge in [-0.1, -0.05) is 18.1 Å². The second-order valence-electron chi connectivity index (χ2n) is 3.12. The molecule has 2 rings (SSSR count). The van der Waals surface area contributed by atoms with Gasteiger partial charge in [0.1, 0.15) is 0 Å². The van der Waals surface area contributed by atoms with Crippen LogP contribution in [0.25, 0.3) is 0 Å². The summed E-state index contributed by atoms with van der Waals surface area (Å²) in [6.45, 7) is 2.21. The largest absolute Gasteiger partial charge is 0.315 e. The van der Waals surface area contributed by atoms with Crippen LogP contribution in [-0.4, -0.2) is 13.1 Å². The van der Waals surface area contributed by atoms with Crippen LogP contribution in [0.1, 0.15) is 17.0 Å². The van der Waals surface area contributed by atoms with Crippen LogP contribution in [0.2, 0.25) is 0 Å². The summed E-state index contributed by atoms with van der Waals surface area (Å²) in [5, 5.41) is 3.25. The maximum atomic E-state index is 5.26. The molecular weight excluding hydrogens is 146 g/mol. The number of benzene rings is 1. The Morgan fingerprint density at radius 1 is 1.25 bits per heavy atom. The summed E-state index contributed by atoms with van der Waals surface area (Å²) >= 11 is 0. The standard InChI is InChI=1S/C11H11N/c1-2-9-3-5-10(6-4-9)11-7-12-8-11/h1,3-6,11-12H,7-8H2. The van der Waals surface area contributed by atoms with E-state index in [0.717, 1.165) is 18.7 Å². The normalized spacial score (nSPS) is 16.6. The molecule has 1 N–H and O–H groups in total. The van der Waals surface area contributed by atoms with Gasteiger partial charge in [-0.2, -0.15) is 0 Å². The summed E-state index contributed by atoms with van der Waals surface area (Å²) in [6, 6.07) is 8.27. The molecule has 0 atom stereocenters. The van der Waals surface area contributed by atoms with Gasteiger partial charge in [-0.3, -0.25) is 0 Å². The monoisotopic (exact) mass is 157 g/mol. The fraction of sp³-hybridized carbons (Fsp3) is 0.273. The van der Waals surface area contributed by atoms with E-state index < -0.39 is 0 Å². The topological polar surface area (TPSA) is 12.0 Å². The quantitative estimate of drug-likeness (QED) is 0.607. The number of hydrogen-bond donors (Lipinski definition) is 1. The van der Waals surface area contributed by atoms with E-state index in [-0.39, 0.29) is 0 Å². The zero-order valence-electron chi connectivity index (χ0n) is 6.88. The van der Waals surface area contributed by atoms with Crippen molar-refractivity contribution in [1.82, 2.24) is 5.32 Å². The molecule has 1 heterocycles. The first-order valence-corrected chi connectivity index (χ1v) is 4.17. The Morgan fingerprint density at radius 2 is 1.92 bits per heavy atom. The van der Waals surface area contributed by atoms with Gasteiger partial charge in [0.15, 0.2) is 0 Å². The summed E-state index contributed by atoms with van der Waals surface area (Å²) in [5.41, 5.74) is 2.36. The van der Waals surface area contributed by atoms with Gasteiger partial charge in [-0.15, -0.1) is 6.42 Å². The molecule has 1 aromatic rings. The summed E-state index contributed by atoms with van der Waals surface area (Å²) < 4.78 is 0. The number of nitrogens with one attached hydrogen (secondary N) is 1. The highest BCUT2D eigenvalue weighted by Crippen LogP contribution is 2.19. The van der Waals surface area contributed by atoms with Gasteiger partial charge in [-0.05, 0) is 17.7 Å². The van der Waals surface area contributed by atoms with Gasteiger partial charge in [0.25, 0.3) is 0 Å². The van der Waals surface area contributed by atoms with E-state index in [0.29, 0.717) is 5.92 Å². The Kier molecular flexibility index (Phi) is 1.85. The third-order valence-corrected chi connectivity index (χ3v) is 2.33. The third-order valence-electron chi connectivity index (χ3n) is 2.33. The fourth-order valence-corrected chi connectivity index (χ4v) is 1.38. The average molecular weight is 157 g/mol. The van der Waals surface area contributed by atoms with Gasteiger partial charge >= 0.3 is 0 Å². The van der Waals surface area contributed by atoms with E-state index in [1.165, 1.54) is 5.56 Å². The number of hydrogen-bond acceptors (Lipinski definition) is 1. The first-order chi connectivity index (χ1) is 5.90. The summed E-state index contributed by atoms with van der Waals surface area (Å²) in [5.74, 6) is 3.32. The minimum absolute atomic E-state index is 0.705. The van der Waals surface area contributed by atoms with E-state index >= 15 is 0 Å². The Balaban J connectivity index is 2.19. The molecule has 1 nitrogen and oxygen atoms in total. The molecule has 1 saturated heterocycles. The fourth-order valence-electron chi connectivity index (χ4n) is 1.38. The van der Waals surface area contributed by atoms with Crippen LogP contribution in [0.3, 0.4) is 0 Å². The highest BCUT2D eigenvalue weighted by molar-refractivity contribution is 5.36. The predicted octanol–water partition coefficient (Wildman–Crippen LogP) is 1.35. The Bertz CT molecular complexity index is 301. The second-order valence-corrected chi connectivity index (χ2v) is 3.12. The lowest BCUT2D eigenvalue weighted by atomic mass is 9.93. The average Bonchev–Trinajstić information content (AvgIpc) is 2.03. The lowest BCUT2D eigenvalue weighted by Gasteiger charge is -2.27. The Labute approximate surface area is 72.8 Å². The van der Waals surface area contributed by atoms with Gasteiger partial charge in [-0.25, -0.2) is 0 Å². The minimum atomic E-state index is 0.705. The van der Waals surface area contributed by atoms with Crippen LogP contribution >= 0.6 is 0 Å². The first kappa shape index (κ1) is 7.39. The molecule has 1 heteroatoms. The molecule has 1 aliphatic heterocycles. The molecule has 0 saturated carbocycles. The molecule has 60 valence electrons. The molecule has 1 aliphatic rings. The molecule has 0 spiro atoms. The molecule has 0 unspecified atom stereocenters. The van der Waals surface area contributed by atoms with E-state index in [1.54, 1.807) is 0 Å². The molecule has 12 heavy (non-hydrogen) atoms. The van der Waals surface area contributed by atoms with Gasteiger partial charge in [0.05, 0.1) is 0 Å². The van der Waals surface area contributed by atoms with Crippen LogP contribution in [-0.2, 0) is 0 Å². The zero-order valence-corrected chi connectivity index (χ0v) is 6.88. The maximum absolute atomic E-state index is 5.26. The van der Waals surface area contributed by atoms with Crippen molar-refractivity contribution < 1.29 is 0 Å². The van der Waals surface area contributed by atoms with Gasteiger partial charge in [0, 0.05) is 24.6 Å². The Hall–Kier alpha value is -1.26. The first-order valence-electron chi connectivity index (χ1n) is 4.17. The maximum Gasteiger partial charge on any atom is 0.0242 e. The molecular formula is C11H11N. The molecule has 0 aromatic heterocycles. The summed E-state index contributed by atoms with van der Waals surface area (Å²) in [6.07, 6.45) is 5.26. The van der Waals surface area contributed by atoms with Gasteiger partial charge in [0.2, 0.25) is 0 Å². The SMILES string of the molecule is C#Cc1ccc(C2CNC2)cc1. The highest BCUT2D eigenvalue weighted by Gasteiger charge is 2.17. The molecule has 1 fully saturated rings. The second kappa shape index (κ2) is 3.00. The van der Waals surface area contributed by atoms with Crippen molar-refractivity contribution in [3.05, 3.63) is 35.4 Å². The van der Waals surface area contributed by atoms with Crippen molar-refractivity contribution in [1.29, 1.82) is 0 Å². The van der Waals surface area contributed by atoms with Crippen LogP contribution in [0.5, 0.6) is 0 Å². The van der Waals surface area contributed by atoms with Crippen molar-refractivity contribution in [2.24, 2.45) is 0 Å². The highest BCUT2D eigenvalue weighted by atomic mass is 14.9. The summed E-state index contributed by atoms with van der Waals surface area (Å²) in [7, 11) is 0. The van der Waals surface area contributed by atoms with Crippen molar-refractivity contribution in [3.8, 4) is 12.3 Å². The molecule has 0 radical (unpaired) electrons. The van der Waals surface area contributed by atoms with Crippen molar-refractivity contribution >= 4 is 0 Å². The molecule has 1 aromatic carbocycles. The van der Waals surface area contributed by atoms with E-state index in [4.69, 9.17) is 6.42 Å². The van der Waals surface area contributed by atoms with E-state index in [1.807, 2.05) is 12.1 Å². The Morgan fingerprint density at radius 3 is 2.33 bits per heavy atom. The molecule has 0 bridgehead atoms. The smallest absolute Gasteiger partial charge is 0.0242 e. The summed E-state index contributed by atoms with van der Waals surface area (Å²) in [4.78, 5) is 0. The lowest BCUT2D eigenvalue weighted by molar-refractivity contribution is 0.448. The van der Waals surface area contributed by atoms with E-state index in [9.17, 15) is 0 Å². The van der Waals surface area contributed by atoms with Crippen LogP contribution < -0.4 is 5.32 Å². The van der Waals surface area contributed by atoms with Crippen LogP contribution in [0.15, 0.2) is 24.3 Å². The predicted molar refractivity (Wildman–Crippen MR) is 50.0 cm³/mol. The van der Waals surface area contributed by atoms with Crippen LogP contribution in [0, 0.1) is 12.3 Å². The van der Waals surface area contributed by atoms with Crippen molar-refractivity contribution in [2.45, 2.75) is 5.92 Å². The zero-order chi connectivity index (χ0) is 8.39. The van der Waals surface area contributed by atoms with Gasteiger partial charge < -0.3 is 5.32 Å².